The number of allylic oxidation sites excluding steroid dienone is 1. The van der Waals surface area contributed by atoms with E-state index in [0.717, 1.165) is 28.7 Å². The Bertz CT molecular complexity index is 1810. The van der Waals surface area contributed by atoms with Crippen LogP contribution in [0, 0.1) is 23.5 Å². The van der Waals surface area contributed by atoms with Crippen molar-refractivity contribution in [2.75, 3.05) is 51.2 Å². The molecule has 0 aliphatic heterocycles. The summed E-state index contributed by atoms with van der Waals surface area (Å²) in [5.41, 5.74) is 12.9. The molecule has 52 heavy (non-hydrogen) atoms. The maximum absolute atomic E-state index is 12.7. The van der Waals surface area contributed by atoms with Crippen molar-refractivity contribution in [1.82, 2.24) is 15.1 Å². The van der Waals surface area contributed by atoms with E-state index in [2.05, 4.69) is 51.4 Å². The maximum atomic E-state index is 12.7. The van der Waals surface area contributed by atoms with Crippen molar-refractivity contribution in [3.8, 4) is 41.0 Å². The zero-order valence-electron chi connectivity index (χ0n) is 29.9. The minimum Gasteiger partial charge on any atom is -0.490 e. The first kappa shape index (κ1) is 41.0. The first-order chi connectivity index (χ1) is 25.4. The summed E-state index contributed by atoms with van der Waals surface area (Å²) in [5, 5.41) is 22.6. The molecule has 4 rings (SSSR count). The highest BCUT2D eigenvalue weighted by molar-refractivity contribution is 8.00. The number of nitriles is 1. The summed E-state index contributed by atoms with van der Waals surface area (Å²) in [5.74, 6) is 4.23. The van der Waals surface area contributed by atoms with Gasteiger partial charge < -0.3 is 34.0 Å². The van der Waals surface area contributed by atoms with Gasteiger partial charge in [0, 0.05) is 65.7 Å². The summed E-state index contributed by atoms with van der Waals surface area (Å²) in [6.45, 7) is 7.79. The van der Waals surface area contributed by atoms with Crippen LogP contribution >= 0.6 is 11.8 Å². The number of thioether (sulfide) groups is 1. The summed E-state index contributed by atoms with van der Waals surface area (Å²) in [6.07, 6.45) is 9.48. The number of hydrogen-bond acceptors (Lipinski definition) is 11. The highest BCUT2D eigenvalue weighted by atomic mass is 32.2. The number of aromatic nitrogens is 2. The number of carbonyl (C=O) groups is 2. The van der Waals surface area contributed by atoms with Gasteiger partial charge in [-0.15, -0.1) is 17.0 Å². The fourth-order valence-electron chi connectivity index (χ4n) is 4.90. The van der Waals surface area contributed by atoms with Crippen LogP contribution in [0.1, 0.15) is 61.5 Å². The van der Waals surface area contributed by atoms with Crippen molar-refractivity contribution in [3.63, 3.8) is 0 Å². The normalized spacial score (nSPS) is 11.4. The molecule has 3 aromatic rings. The van der Waals surface area contributed by atoms with Crippen LogP contribution < -0.4 is 14.8 Å². The minimum atomic E-state index is -0.769. The third kappa shape index (κ3) is 13.0. The molecule has 1 unspecified atom stereocenters. The number of fused-ring (bicyclic) bond motifs is 3. The van der Waals surface area contributed by atoms with E-state index in [-0.39, 0.29) is 29.8 Å². The van der Waals surface area contributed by atoms with Gasteiger partial charge in [0.05, 0.1) is 42.9 Å². The number of anilines is 2. The molecule has 1 aromatic heterocycles. The van der Waals surface area contributed by atoms with E-state index in [1.165, 1.54) is 6.42 Å². The molecule has 2 N–H and O–H groups in total. The summed E-state index contributed by atoms with van der Waals surface area (Å²) >= 11 is 1.55. The van der Waals surface area contributed by atoms with Gasteiger partial charge in [0.2, 0.25) is 0 Å². The van der Waals surface area contributed by atoms with Crippen molar-refractivity contribution in [2.45, 2.75) is 51.7 Å². The van der Waals surface area contributed by atoms with E-state index < -0.39 is 5.91 Å². The largest absolute Gasteiger partial charge is 0.490 e. The zero-order chi connectivity index (χ0) is 37.6. The predicted octanol–water partition coefficient (Wildman–Crippen LogP) is 7.37. The quantitative estimate of drug-likeness (QED) is 0.0143. The number of aldehydes is 1. The number of rotatable bonds is 19. The lowest BCUT2D eigenvalue weighted by molar-refractivity contribution is -0.107. The maximum Gasteiger partial charge on any atom is 0.292 e. The molecular weight excluding hydrogens is 685 g/mol. The van der Waals surface area contributed by atoms with E-state index in [0.29, 0.717) is 62.1 Å². The van der Waals surface area contributed by atoms with Gasteiger partial charge >= 0.3 is 0 Å². The number of carbonyl (C=O) groups excluding carboxylic acids is 2. The second kappa shape index (κ2) is 23.1. The average Bonchev–Trinajstić information content (AvgIpc) is 3.69. The van der Waals surface area contributed by atoms with Crippen LogP contribution in [0.25, 0.3) is 21.7 Å². The Balaban J connectivity index is 0.00000235. The number of ether oxygens (including phenoxy) is 4. The van der Waals surface area contributed by atoms with E-state index in [1.807, 2.05) is 32.3 Å². The van der Waals surface area contributed by atoms with Crippen LogP contribution in [0.5, 0.6) is 11.5 Å². The third-order valence-corrected chi connectivity index (χ3v) is 8.26. The lowest BCUT2D eigenvalue weighted by atomic mass is 10.0. The van der Waals surface area contributed by atoms with Crippen molar-refractivity contribution in [2.24, 2.45) is 5.11 Å². The molecule has 1 amide bonds. The Labute approximate surface area is 308 Å². The van der Waals surface area contributed by atoms with Gasteiger partial charge in [0.1, 0.15) is 24.4 Å². The van der Waals surface area contributed by atoms with Crippen LogP contribution in [0.2, 0.25) is 0 Å². The summed E-state index contributed by atoms with van der Waals surface area (Å²) in [7, 11) is 1.87. The molecule has 274 valence electrons. The van der Waals surface area contributed by atoms with Crippen LogP contribution in [0.15, 0.2) is 53.8 Å². The number of H-pyrrole nitrogens is 1. The van der Waals surface area contributed by atoms with Crippen LogP contribution in [0.3, 0.4) is 0 Å². The molecular formula is C37H44N8O6S. The predicted molar refractivity (Wildman–Crippen MR) is 201 cm³/mol. The number of benzene rings is 2. The number of hydrogen-bond donors (Lipinski definition) is 2. The minimum absolute atomic E-state index is 0.123. The second-order valence-electron chi connectivity index (χ2n) is 11.2. The van der Waals surface area contributed by atoms with Crippen molar-refractivity contribution < 1.29 is 28.5 Å². The molecule has 1 heterocycles. The molecule has 1 atom stereocenters. The number of amides is 1. The lowest BCUT2D eigenvalue weighted by Crippen LogP contribution is -2.13. The van der Waals surface area contributed by atoms with E-state index in [1.54, 1.807) is 53.2 Å². The molecule has 0 saturated heterocycles. The number of azide groups is 1. The first-order valence-electron chi connectivity index (χ1n) is 16.8. The second-order valence-corrected chi connectivity index (χ2v) is 12.5. The standard InChI is InChI=1S/C34H36N8O6S.C3H8/c1-3-10-42(2)11-5-4-9-27(22-43)49-17-16-46-13-12-45-14-15-47-31-19-24-18-30-32(28(24)21-29(31)34(44)40-41-36)38-39-33(30)37-25-7-6-8-26(20-25)48-23-35;1-3-2/h3,6-8,10,19-22,27H,4,9,12-18H2,1-2H3,(H2,37,38,39);3H2,1-2H3/b10-3+;. The fourth-order valence-corrected chi connectivity index (χ4v) is 5.78. The lowest BCUT2D eigenvalue weighted by Gasteiger charge is -2.13. The highest BCUT2D eigenvalue weighted by Crippen LogP contribution is 2.42. The van der Waals surface area contributed by atoms with Crippen LogP contribution in [-0.4, -0.2) is 78.4 Å². The van der Waals surface area contributed by atoms with Gasteiger partial charge in [-0.25, -0.2) is 0 Å². The first-order valence-corrected chi connectivity index (χ1v) is 17.9. The Morgan fingerprint density at radius 2 is 1.98 bits per heavy atom. The Morgan fingerprint density at radius 1 is 1.21 bits per heavy atom. The SMILES string of the molecule is C/C=C/N(C)C#CCCC(C=O)SCCOCCOCCOc1cc2c(cc1C(=O)N=[N+]=[N-])-c1[nH]nc(Nc3cccc(OC#N)c3)c1C2.CCC. The molecule has 1 aliphatic rings. The molecule has 0 spiro atoms. The zero-order valence-corrected chi connectivity index (χ0v) is 30.7. The smallest absolute Gasteiger partial charge is 0.292 e. The Morgan fingerprint density at radius 3 is 2.71 bits per heavy atom. The topological polar surface area (TPSA) is 188 Å². The molecule has 2 aromatic carbocycles. The van der Waals surface area contributed by atoms with Crippen LogP contribution in [0.4, 0.5) is 11.5 Å². The molecule has 0 saturated carbocycles. The summed E-state index contributed by atoms with van der Waals surface area (Å²) < 4.78 is 22.1. The van der Waals surface area contributed by atoms with Crippen molar-refractivity contribution in [1.29, 1.82) is 5.26 Å². The average molecular weight is 729 g/mol. The van der Waals surface area contributed by atoms with Gasteiger partial charge in [0.25, 0.3) is 12.2 Å². The third-order valence-electron chi connectivity index (χ3n) is 7.09. The molecule has 15 heteroatoms. The molecule has 0 bridgehead atoms. The summed E-state index contributed by atoms with van der Waals surface area (Å²) in [4.78, 5) is 28.5. The molecule has 1 aliphatic carbocycles. The number of nitrogens with one attached hydrogen (secondary N) is 2. The summed E-state index contributed by atoms with van der Waals surface area (Å²) in [6, 6.07) is 13.3. The van der Waals surface area contributed by atoms with Gasteiger partial charge in [0.15, 0.2) is 5.82 Å². The fraction of sp³-hybridized carbons (Fsp3) is 0.405. The number of nitrogens with zero attached hydrogens (tertiary/aromatic N) is 6. The molecule has 0 radical (unpaired) electrons. The van der Waals surface area contributed by atoms with Crippen molar-refractivity contribution in [3.05, 3.63) is 75.8 Å². The Kier molecular flexibility index (Phi) is 18.2. The monoisotopic (exact) mass is 728 g/mol. The van der Waals surface area contributed by atoms with Crippen molar-refractivity contribution >= 4 is 35.5 Å². The van der Waals surface area contributed by atoms with Crippen LogP contribution in [-0.2, 0) is 20.7 Å². The van der Waals surface area contributed by atoms with E-state index in [9.17, 15) is 9.59 Å². The van der Waals surface area contributed by atoms with Gasteiger partial charge in [-0.3, -0.25) is 9.89 Å². The van der Waals surface area contributed by atoms with E-state index >= 15 is 0 Å². The Hall–Kier alpha value is -5.44. The van der Waals surface area contributed by atoms with Gasteiger partial charge in [-0.2, -0.15) is 5.10 Å². The number of aromatic amines is 1. The van der Waals surface area contributed by atoms with Gasteiger partial charge in [-0.05, 0) is 53.8 Å². The molecule has 14 nitrogen and oxygen atoms in total. The highest BCUT2D eigenvalue weighted by Gasteiger charge is 2.28. The van der Waals surface area contributed by atoms with E-state index in [4.69, 9.17) is 29.7 Å². The van der Waals surface area contributed by atoms with Gasteiger partial charge in [-0.1, -0.05) is 38.3 Å². The molecule has 0 fully saturated rings.